The van der Waals surface area contributed by atoms with Gasteiger partial charge in [0, 0.05) is 55.8 Å². The third-order valence-corrected chi connectivity index (χ3v) is 6.96. The molecule has 0 aliphatic carbocycles. The maximum Gasteiger partial charge on any atom is 0.416 e. The van der Waals surface area contributed by atoms with Crippen molar-refractivity contribution in [1.29, 1.82) is 0 Å². The molecular formula is C26H29F3N4O2. The van der Waals surface area contributed by atoms with E-state index < -0.39 is 11.7 Å². The van der Waals surface area contributed by atoms with E-state index in [9.17, 15) is 22.8 Å². The molecule has 35 heavy (non-hydrogen) atoms. The Bertz CT molecular complexity index is 1280. The van der Waals surface area contributed by atoms with E-state index in [1.54, 1.807) is 18.2 Å². The molecule has 2 aromatic heterocycles. The van der Waals surface area contributed by atoms with E-state index in [0.29, 0.717) is 36.1 Å². The quantitative estimate of drug-likeness (QED) is 0.520. The number of likely N-dealkylation sites (tertiary alicyclic amines) is 1. The molecule has 186 valence electrons. The average molecular weight is 487 g/mol. The summed E-state index contributed by atoms with van der Waals surface area (Å²) >= 11 is 0. The number of pyridine rings is 2. The van der Waals surface area contributed by atoms with Crippen LogP contribution >= 0.6 is 0 Å². The molecule has 1 unspecified atom stereocenters. The minimum absolute atomic E-state index is 0.113. The van der Waals surface area contributed by atoms with Crippen molar-refractivity contribution in [3.05, 3.63) is 70.1 Å². The first-order chi connectivity index (χ1) is 16.6. The van der Waals surface area contributed by atoms with Crippen LogP contribution in [0.3, 0.4) is 0 Å². The number of benzene rings is 1. The van der Waals surface area contributed by atoms with E-state index >= 15 is 0 Å². The zero-order valence-electron chi connectivity index (χ0n) is 20.0. The van der Waals surface area contributed by atoms with Crippen LogP contribution in [0.4, 0.5) is 13.2 Å². The van der Waals surface area contributed by atoms with Crippen molar-refractivity contribution in [2.24, 2.45) is 0 Å². The van der Waals surface area contributed by atoms with Crippen LogP contribution in [0.2, 0.25) is 0 Å². The topological polar surface area (TPSA) is 58.4 Å². The van der Waals surface area contributed by atoms with E-state index in [1.165, 1.54) is 22.9 Å². The highest BCUT2D eigenvalue weighted by Crippen LogP contribution is 2.31. The van der Waals surface area contributed by atoms with Crippen LogP contribution in [-0.2, 0) is 11.0 Å². The highest BCUT2D eigenvalue weighted by molar-refractivity contribution is 5.77. The van der Waals surface area contributed by atoms with Gasteiger partial charge in [0.05, 0.1) is 11.3 Å². The average Bonchev–Trinajstić information content (AvgIpc) is 2.86. The van der Waals surface area contributed by atoms with E-state index in [2.05, 4.69) is 9.88 Å². The molecular weight excluding hydrogens is 457 g/mol. The molecule has 0 saturated carbocycles. The van der Waals surface area contributed by atoms with Crippen molar-refractivity contribution in [2.45, 2.75) is 51.4 Å². The van der Waals surface area contributed by atoms with Gasteiger partial charge in [0.25, 0.3) is 5.56 Å². The molecule has 0 spiro atoms. The number of alkyl halides is 3. The van der Waals surface area contributed by atoms with E-state index in [-0.39, 0.29) is 29.2 Å². The van der Waals surface area contributed by atoms with Gasteiger partial charge in [-0.25, -0.2) is 4.98 Å². The zero-order valence-corrected chi connectivity index (χ0v) is 20.0. The van der Waals surface area contributed by atoms with Gasteiger partial charge in [0.1, 0.15) is 5.65 Å². The first kappa shape index (κ1) is 24.9. The summed E-state index contributed by atoms with van der Waals surface area (Å²) in [4.78, 5) is 34.1. The van der Waals surface area contributed by atoms with Gasteiger partial charge >= 0.3 is 6.18 Å². The lowest BCUT2D eigenvalue weighted by atomic mass is 9.99. The number of carbonyl (C=O) groups is 1. The molecule has 0 N–H and O–H groups in total. The second-order valence-corrected chi connectivity index (χ2v) is 9.01. The minimum Gasteiger partial charge on any atom is -0.343 e. The van der Waals surface area contributed by atoms with E-state index in [4.69, 9.17) is 0 Å². The predicted molar refractivity (Wildman–Crippen MR) is 128 cm³/mol. The van der Waals surface area contributed by atoms with Gasteiger partial charge in [0.2, 0.25) is 5.91 Å². The van der Waals surface area contributed by atoms with Gasteiger partial charge in [-0.05, 0) is 56.2 Å². The molecule has 0 radical (unpaired) electrons. The first-order valence-corrected chi connectivity index (χ1v) is 11.8. The SMILES string of the molecule is CCC(=O)N(C)C1CCN(C(C)c2cc3cccnc3n(-c3cccc(C(F)(F)F)c3)c2=O)CC1. The molecule has 1 aliphatic heterocycles. The number of carbonyl (C=O) groups excluding carboxylic acids is 1. The summed E-state index contributed by atoms with van der Waals surface area (Å²) in [6.45, 7) is 5.21. The zero-order chi connectivity index (χ0) is 25.3. The van der Waals surface area contributed by atoms with Crippen LogP contribution < -0.4 is 5.56 Å². The summed E-state index contributed by atoms with van der Waals surface area (Å²) in [5, 5.41) is 0.675. The Kier molecular flexibility index (Phi) is 6.98. The third-order valence-electron chi connectivity index (χ3n) is 6.96. The lowest BCUT2D eigenvalue weighted by molar-refractivity contribution is -0.137. The molecule has 9 heteroatoms. The first-order valence-electron chi connectivity index (χ1n) is 11.8. The number of aromatic nitrogens is 2. The van der Waals surface area contributed by atoms with Gasteiger partial charge < -0.3 is 4.90 Å². The van der Waals surface area contributed by atoms with Gasteiger partial charge in [-0.1, -0.05) is 13.0 Å². The van der Waals surface area contributed by atoms with Crippen molar-refractivity contribution in [2.75, 3.05) is 20.1 Å². The standard InChI is InChI=1S/C26H29F3N4O2/c1-4-23(34)31(3)20-10-13-32(14-11-20)17(2)22-15-18-7-6-12-30-24(18)33(25(22)35)21-9-5-8-19(16-21)26(27,28)29/h5-9,12,15-17,20H,4,10-11,13-14H2,1-3H3. The van der Waals surface area contributed by atoms with Crippen LogP contribution in [0.25, 0.3) is 16.7 Å². The fraction of sp³-hybridized carbons (Fsp3) is 0.423. The summed E-state index contributed by atoms with van der Waals surface area (Å²) in [5.74, 6) is 0.113. The van der Waals surface area contributed by atoms with E-state index in [1.807, 2.05) is 25.8 Å². The normalized spacial score (nSPS) is 16.4. The maximum absolute atomic E-state index is 13.7. The highest BCUT2D eigenvalue weighted by Gasteiger charge is 2.32. The van der Waals surface area contributed by atoms with Gasteiger partial charge in [0.15, 0.2) is 0 Å². The smallest absolute Gasteiger partial charge is 0.343 e. The fourth-order valence-corrected chi connectivity index (χ4v) is 4.83. The lowest BCUT2D eigenvalue weighted by Gasteiger charge is -2.39. The van der Waals surface area contributed by atoms with Crippen LogP contribution in [0.1, 0.15) is 50.3 Å². The lowest BCUT2D eigenvalue weighted by Crippen LogP contribution is -2.46. The Morgan fingerprint density at radius 2 is 1.89 bits per heavy atom. The number of nitrogens with zero attached hydrogens (tertiary/aromatic N) is 4. The van der Waals surface area contributed by atoms with Crippen LogP contribution in [0, 0.1) is 0 Å². The molecule has 1 aliphatic rings. The summed E-state index contributed by atoms with van der Waals surface area (Å²) in [7, 11) is 1.83. The van der Waals surface area contributed by atoms with Crippen molar-refractivity contribution in [3.63, 3.8) is 0 Å². The minimum atomic E-state index is -4.52. The number of halogens is 3. The largest absolute Gasteiger partial charge is 0.416 e. The van der Waals surface area contributed by atoms with Crippen molar-refractivity contribution in [1.82, 2.24) is 19.4 Å². The summed E-state index contributed by atoms with van der Waals surface area (Å²) in [6.07, 6.45) is -0.946. The fourth-order valence-electron chi connectivity index (χ4n) is 4.83. The summed E-state index contributed by atoms with van der Waals surface area (Å²) in [6, 6.07) is 10.0. The third kappa shape index (κ3) is 4.96. The van der Waals surface area contributed by atoms with Crippen molar-refractivity contribution >= 4 is 16.9 Å². The Hall–Kier alpha value is -3.20. The Morgan fingerprint density at radius 3 is 2.54 bits per heavy atom. The second-order valence-electron chi connectivity index (χ2n) is 9.01. The monoisotopic (exact) mass is 486 g/mol. The van der Waals surface area contributed by atoms with Gasteiger partial charge in [-0.3, -0.25) is 19.1 Å². The number of hydrogen-bond acceptors (Lipinski definition) is 4. The number of amides is 1. The Balaban J connectivity index is 1.71. The number of piperidine rings is 1. The molecule has 1 fully saturated rings. The molecule has 1 amide bonds. The Morgan fingerprint density at radius 1 is 1.17 bits per heavy atom. The number of rotatable bonds is 5. The summed E-state index contributed by atoms with van der Waals surface area (Å²) in [5.41, 5.74) is -0.271. The van der Waals surface area contributed by atoms with Gasteiger partial charge in [-0.2, -0.15) is 13.2 Å². The molecule has 3 aromatic rings. The highest BCUT2D eigenvalue weighted by atomic mass is 19.4. The predicted octanol–water partition coefficient (Wildman–Crippen LogP) is 4.80. The summed E-state index contributed by atoms with van der Waals surface area (Å²) < 4.78 is 41.4. The number of fused-ring (bicyclic) bond motifs is 1. The molecule has 0 bridgehead atoms. The molecule has 6 nitrogen and oxygen atoms in total. The van der Waals surface area contributed by atoms with Gasteiger partial charge in [-0.15, -0.1) is 0 Å². The number of hydrogen-bond donors (Lipinski definition) is 0. The molecule has 1 aromatic carbocycles. The molecule has 1 saturated heterocycles. The van der Waals surface area contributed by atoms with Crippen LogP contribution in [0.5, 0.6) is 0 Å². The van der Waals surface area contributed by atoms with Crippen molar-refractivity contribution in [3.8, 4) is 5.69 Å². The molecule has 3 heterocycles. The molecule has 1 atom stereocenters. The second kappa shape index (κ2) is 9.81. The van der Waals surface area contributed by atoms with Crippen molar-refractivity contribution < 1.29 is 18.0 Å². The molecule has 4 rings (SSSR count). The van der Waals surface area contributed by atoms with Crippen LogP contribution in [0.15, 0.2) is 53.5 Å². The Labute approximate surface area is 202 Å². The van der Waals surface area contributed by atoms with E-state index in [0.717, 1.165) is 25.0 Å². The van der Waals surface area contributed by atoms with Crippen LogP contribution in [-0.4, -0.2) is 51.4 Å². The maximum atomic E-state index is 13.7.